The van der Waals surface area contributed by atoms with Gasteiger partial charge < -0.3 is 48.5 Å². The number of fused-ring (bicyclic) bond motifs is 5. The number of H-pyrrole nitrogens is 1. The van der Waals surface area contributed by atoms with Crippen LogP contribution < -0.4 is 34.0 Å². The number of nitrogens with one attached hydrogen (secondary N) is 3. The lowest BCUT2D eigenvalue weighted by Crippen LogP contribution is -2.60. The summed E-state index contributed by atoms with van der Waals surface area (Å²) in [5.41, 5.74) is 4.43. The molecule has 85 heavy (non-hydrogen) atoms. The number of ether oxygens (including phenoxy) is 6. The zero-order valence-corrected chi connectivity index (χ0v) is 48.3. The summed E-state index contributed by atoms with van der Waals surface area (Å²) in [4.78, 5) is 43.8. The first-order valence-electron chi connectivity index (χ1n) is 29.7. The highest BCUT2D eigenvalue weighted by Gasteiger charge is 2.51. The summed E-state index contributed by atoms with van der Waals surface area (Å²) in [5, 5.41) is 16.7. The van der Waals surface area contributed by atoms with E-state index in [9.17, 15) is 27.7 Å². The molecule has 2 aromatic heterocycles. The molecular formula is C62H69F2N9O11S. The second-order valence-electron chi connectivity index (χ2n) is 24.4. The summed E-state index contributed by atoms with van der Waals surface area (Å²) < 4.78 is 97.7. The van der Waals surface area contributed by atoms with Crippen molar-refractivity contribution in [3.63, 3.8) is 0 Å². The van der Waals surface area contributed by atoms with E-state index in [2.05, 4.69) is 35.8 Å². The lowest BCUT2D eigenvalue weighted by atomic mass is 9.59. The van der Waals surface area contributed by atoms with Gasteiger partial charge in [-0.1, -0.05) is 18.2 Å². The number of nitrogens with zero attached hydrogens (tertiary/aromatic N) is 6. The molecule has 23 heteroatoms. The smallest absolute Gasteiger partial charge is 0.297 e. The van der Waals surface area contributed by atoms with Gasteiger partial charge in [0.2, 0.25) is 5.88 Å². The van der Waals surface area contributed by atoms with E-state index in [1.807, 2.05) is 61.2 Å². The minimum absolute atomic E-state index is 0.00657. The number of nitro groups is 1. The summed E-state index contributed by atoms with van der Waals surface area (Å²) in [7, 11) is -4.75. The maximum atomic E-state index is 15.2. The SMILES string of the molecule is CC(C)Oc1ccccc1[C@@H]1CN([C@@H]2COCc3c(F)cc(F)cc32)CCN1C1CC2(CCN(c3ccc(C(=O)NS(=O)(=O)c4cc5c(c([N+](=O)[O-])c4)N[C@H](C4CCOCC4)CO5)c(N4c5cc6cc[nH]c6nc5O[C@H]5COCC[C@@H]54)c3)CC2)C1. The van der Waals surface area contributed by atoms with Gasteiger partial charge in [0.1, 0.15) is 41.4 Å². The molecule has 0 bridgehead atoms. The molecule has 1 aliphatic carbocycles. The van der Waals surface area contributed by atoms with Crippen molar-refractivity contribution in [2.45, 2.75) is 113 Å². The van der Waals surface area contributed by atoms with Crippen molar-refractivity contribution in [3.8, 4) is 17.4 Å². The fraction of sp³-hybridized carbons (Fsp3) is 0.484. The quantitative estimate of drug-likeness (QED) is 0.0768. The third-order valence-electron chi connectivity index (χ3n) is 19.1. The zero-order valence-electron chi connectivity index (χ0n) is 47.5. The second kappa shape index (κ2) is 22.3. The van der Waals surface area contributed by atoms with Crippen molar-refractivity contribution in [2.75, 3.05) is 87.5 Å². The highest BCUT2D eigenvalue weighted by molar-refractivity contribution is 7.90. The Morgan fingerprint density at radius 3 is 2.51 bits per heavy atom. The lowest BCUT2D eigenvalue weighted by Gasteiger charge is -2.58. The molecule has 6 aromatic rings. The maximum absolute atomic E-state index is 15.2. The highest BCUT2D eigenvalue weighted by Crippen LogP contribution is 2.55. The Balaban J connectivity index is 0.740. The van der Waals surface area contributed by atoms with Gasteiger partial charge in [0.15, 0.2) is 11.4 Å². The number of piperazine rings is 1. The number of aromatic amines is 1. The summed E-state index contributed by atoms with van der Waals surface area (Å²) in [6.07, 6.45) is 7.14. The average Bonchev–Trinajstić information content (AvgIpc) is 2.87. The number of piperidine rings is 1. The predicted molar refractivity (Wildman–Crippen MR) is 311 cm³/mol. The number of carbonyl (C=O) groups is 1. The lowest BCUT2D eigenvalue weighted by molar-refractivity contribution is -0.384. The monoisotopic (exact) mass is 1190 g/mol. The Morgan fingerprint density at radius 2 is 1.69 bits per heavy atom. The fourth-order valence-corrected chi connectivity index (χ4v) is 15.7. The van der Waals surface area contributed by atoms with Gasteiger partial charge >= 0.3 is 0 Å². The van der Waals surface area contributed by atoms with Gasteiger partial charge in [0.05, 0.1) is 71.2 Å². The molecule has 448 valence electrons. The first kappa shape index (κ1) is 55.7. The second-order valence-corrected chi connectivity index (χ2v) is 26.1. The molecule has 8 aliphatic rings. The highest BCUT2D eigenvalue weighted by atomic mass is 32.2. The van der Waals surface area contributed by atoms with E-state index in [0.717, 1.165) is 92.7 Å². The average molecular weight is 1190 g/mol. The van der Waals surface area contributed by atoms with E-state index in [1.165, 1.54) is 12.1 Å². The van der Waals surface area contributed by atoms with Crippen molar-refractivity contribution >= 4 is 55.4 Å². The van der Waals surface area contributed by atoms with Crippen molar-refractivity contribution in [2.24, 2.45) is 11.3 Å². The third-order valence-corrected chi connectivity index (χ3v) is 20.4. The van der Waals surface area contributed by atoms with E-state index < -0.39 is 49.2 Å². The Bertz CT molecular complexity index is 3680. The summed E-state index contributed by atoms with van der Waals surface area (Å²) in [5.74, 6) is -0.783. The number of amides is 1. The predicted octanol–water partition coefficient (Wildman–Crippen LogP) is 9.32. The van der Waals surface area contributed by atoms with Gasteiger partial charge in [-0.05, 0) is 118 Å². The Morgan fingerprint density at radius 1 is 0.882 bits per heavy atom. The van der Waals surface area contributed by atoms with Gasteiger partial charge in [-0.3, -0.25) is 24.7 Å². The topological polar surface area (TPSA) is 215 Å². The number of nitro benzene ring substituents is 1. The van der Waals surface area contributed by atoms with E-state index in [-0.39, 0.29) is 84.5 Å². The molecule has 7 aliphatic heterocycles. The Labute approximate surface area is 491 Å². The van der Waals surface area contributed by atoms with E-state index in [0.29, 0.717) is 80.0 Å². The number of pyridine rings is 1. The molecule has 5 atom stereocenters. The molecule has 4 saturated heterocycles. The molecule has 9 heterocycles. The normalized spacial score (nSPS) is 24.5. The van der Waals surface area contributed by atoms with Crippen LogP contribution >= 0.6 is 0 Å². The number of aromatic nitrogens is 2. The van der Waals surface area contributed by atoms with Gasteiger partial charge in [-0.2, -0.15) is 4.98 Å². The number of hydrogen-bond acceptors (Lipinski definition) is 17. The van der Waals surface area contributed by atoms with Gasteiger partial charge in [0.25, 0.3) is 21.6 Å². The minimum Gasteiger partial charge on any atom is -0.491 e. The van der Waals surface area contributed by atoms with Crippen LogP contribution in [0.2, 0.25) is 0 Å². The molecule has 0 radical (unpaired) electrons. The van der Waals surface area contributed by atoms with Crippen molar-refractivity contribution in [1.29, 1.82) is 0 Å². The molecule has 3 N–H and O–H groups in total. The number of sulfonamides is 1. The van der Waals surface area contributed by atoms with Crippen LogP contribution in [-0.2, 0) is 30.8 Å². The number of anilines is 4. The summed E-state index contributed by atoms with van der Waals surface area (Å²) in [6.45, 7) is 10.0. The Hall–Kier alpha value is -7.15. The molecule has 1 spiro atoms. The van der Waals surface area contributed by atoms with Crippen molar-refractivity contribution in [3.05, 3.63) is 129 Å². The van der Waals surface area contributed by atoms with Crippen LogP contribution in [0, 0.1) is 33.1 Å². The fourth-order valence-electron chi connectivity index (χ4n) is 14.7. The van der Waals surface area contributed by atoms with E-state index in [1.54, 1.807) is 12.3 Å². The number of hydrogen-bond donors (Lipinski definition) is 3. The van der Waals surface area contributed by atoms with Crippen LogP contribution in [-0.4, -0.2) is 142 Å². The van der Waals surface area contributed by atoms with Crippen LogP contribution in [0.1, 0.15) is 97.9 Å². The van der Waals surface area contributed by atoms with Crippen LogP contribution in [0.3, 0.4) is 0 Å². The molecule has 20 nitrogen and oxygen atoms in total. The molecule has 5 fully saturated rings. The van der Waals surface area contributed by atoms with Gasteiger partial charge in [0, 0.05) is 105 Å². The van der Waals surface area contributed by atoms with E-state index in [4.69, 9.17) is 33.4 Å². The van der Waals surface area contributed by atoms with Crippen LogP contribution in [0.25, 0.3) is 11.0 Å². The number of para-hydroxylation sites is 1. The number of rotatable bonds is 12. The maximum Gasteiger partial charge on any atom is 0.297 e. The van der Waals surface area contributed by atoms with Crippen LogP contribution in [0.5, 0.6) is 17.4 Å². The van der Waals surface area contributed by atoms with Gasteiger partial charge in [-0.15, -0.1) is 0 Å². The van der Waals surface area contributed by atoms with Crippen molar-refractivity contribution in [1.82, 2.24) is 24.5 Å². The third kappa shape index (κ3) is 10.5. The summed E-state index contributed by atoms with van der Waals surface area (Å²) >= 11 is 0. The minimum atomic E-state index is -4.75. The first-order chi connectivity index (χ1) is 41.2. The number of carbonyl (C=O) groups excluding carboxylic acids is 1. The van der Waals surface area contributed by atoms with E-state index >= 15 is 4.39 Å². The van der Waals surface area contributed by atoms with Gasteiger partial charge in [-0.25, -0.2) is 21.9 Å². The largest absolute Gasteiger partial charge is 0.491 e. The number of halogens is 2. The Kier molecular flexibility index (Phi) is 14.6. The van der Waals surface area contributed by atoms with Crippen LogP contribution in [0.4, 0.5) is 37.2 Å². The first-order valence-corrected chi connectivity index (χ1v) is 31.2. The standard InChI is InChI=1S/C62H69F2N9O11S/c1-36(2)83-55-6-4-3-5-43(55)53-31-70(54-34-81-32-46-45(54)24-39(63)25-47(46)64)18-19-71(53)41-29-62(30-41)13-16-69(17-14-62)40-7-8-44(50(26-40)72-49-12-22-80-35-57(49)84-61-52(72)23-38-9-15-65-59(38)67-61)60(74)68-85(77,78)42-27-51(73(75)76)58-56(28-42)82-33-48(66-58)37-10-20-79-21-11-37/h3-9,15,23-28,36-37,41,48-49,53-54,57,66H,10-14,16-22,29-35H2,1-2H3,(H,65,67)(H,68,74)/t48-,49-,53-,54+,57-/m0/s1. The molecule has 0 unspecified atom stereocenters. The summed E-state index contributed by atoms with van der Waals surface area (Å²) in [6, 6.07) is 21.5. The molecule has 1 amide bonds. The zero-order chi connectivity index (χ0) is 58.3. The molecule has 1 saturated carbocycles. The molecular weight excluding hydrogens is 1120 g/mol. The van der Waals surface area contributed by atoms with Crippen LogP contribution in [0.15, 0.2) is 90.0 Å². The molecule has 4 aromatic carbocycles. The molecule has 14 rings (SSSR count). The number of benzene rings is 4. The van der Waals surface area contributed by atoms with Crippen molar-refractivity contribution < 1.29 is 55.3 Å².